The van der Waals surface area contributed by atoms with Crippen LogP contribution in [0.1, 0.15) is 39.5 Å². The Hall–Kier alpha value is -0.650. The first kappa shape index (κ1) is 13.8. The van der Waals surface area contributed by atoms with Crippen LogP contribution in [-0.2, 0) is 9.53 Å². The van der Waals surface area contributed by atoms with Gasteiger partial charge in [0.15, 0.2) is 0 Å². The zero-order chi connectivity index (χ0) is 13.2. The molecule has 5 nitrogen and oxygen atoms in total. The van der Waals surface area contributed by atoms with Gasteiger partial charge in [-0.2, -0.15) is 0 Å². The molecule has 0 aromatic rings. The summed E-state index contributed by atoms with van der Waals surface area (Å²) in [6.45, 7) is 5.49. The molecule has 0 aliphatic carbocycles. The fraction of sp³-hybridized carbons (Fsp3) is 0.923. The molecule has 104 valence electrons. The van der Waals surface area contributed by atoms with E-state index in [0.29, 0.717) is 13.0 Å². The molecule has 0 saturated carbocycles. The molecule has 1 amide bonds. The number of piperidine rings is 1. The van der Waals surface area contributed by atoms with E-state index in [2.05, 4.69) is 10.6 Å². The van der Waals surface area contributed by atoms with Crippen LogP contribution < -0.4 is 10.6 Å². The average Bonchev–Trinajstić information content (AvgIpc) is 2.68. The van der Waals surface area contributed by atoms with Crippen LogP contribution in [0.4, 0.5) is 0 Å². The lowest BCUT2D eigenvalue weighted by atomic mass is 9.89. The van der Waals surface area contributed by atoms with Crippen LogP contribution in [0.5, 0.6) is 0 Å². The number of carbonyl (C=O) groups excluding carboxylic acids is 1. The molecule has 2 fully saturated rings. The van der Waals surface area contributed by atoms with Crippen molar-refractivity contribution in [2.45, 2.75) is 56.8 Å². The van der Waals surface area contributed by atoms with Crippen LogP contribution >= 0.6 is 0 Å². The normalized spacial score (nSPS) is 40.7. The smallest absolute Gasteiger partial charge is 0.240 e. The summed E-state index contributed by atoms with van der Waals surface area (Å²) in [7, 11) is 0. The average molecular weight is 256 g/mol. The Balaban J connectivity index is 1.88. The molecule has 0 aromatic heterocycles. The second-order valence-corrected chi connectivity index (χ2v) is 5.77. The SMILES string of the molecule is CC1OCCC1(O)CNC(=O)C1(C)CCCCN1. The topological polar surface area (TPSA) is 70.6 Å². The van der Waals surface area contributed by atoms with Crippen molar-refractivity contribution < 1.29 is 14.6 Å². The van der Waals surface area contributed by atoms with Crippen LogP contribution in [0.2, 0.25) is 0 Å². The highest BCUT2D eigenvalue weighted by Crippen LogP contribution is 2.25. The van der Waals surface area contributed by atoms with Crippen LogP contribution in [0.3, 0.4) is 0 Å². The predicted molar refractivity (Wildman–Crippen MR) is 68.2 cm³/mol. The number of amides is 1. The Morgan fingerprint density at radius 1 is 1.50 bits per heavy atom. The van der Waals surface area contributed by atoms with Crippen LogP contribution in [-0.4, -0.2) is 48.0 Å². The second kappa shape index (κ2) is 5.15. The fourth-order valence-electron chi connectivity index (χ4n) is 2.68. The molecular weight excluding hydrogens is 232 g/mol. The molecule has 2 rings (SSSR count). The molecular formula is C13H24N2O3. The number of ether oxygens (including phenoxy) is 1. The van der Waals surface area contributed by atoms with Gasteiger partial charge in [-0.05, 0) is 39.7 Å². The fourth-order valence-corrected chi connectivity index (χ4v) is 2.68. The van der Waals surface area contributed by atoms with Gasteiger partial charge in [-0.1, -0.05) is 0 Å². The van der Waals surface area contributed by atoms with Gasteiger partial charge in [-0.15, -0.1) is 0 Å². The minimum absolute atomic E-state index is 0.0188. The van der Waals surface area contributed by atoms with E-state index in [9.17, 15) is 9.90 Å². The summed E-state index contributed by atoms with van der Waals surface area (Å²) in [5.74, 6) is -0.0188. The molecule has 0 radical (unpaired) electrons. The van der Waals surface area contributed by atoms with Gasteiger partial charge in [0.25, 0.3) is 0 Å². The predicted octanol–water partition coefficient (Wildman–Crippen LogP) is 0.175. The maximum atomic E-state index is 12.2. The molecule has 0 spiro atoms. The van der Waals surface area contributed by atoms with E-state index in [1.807, 2.05) is 13.8 Å². The monoisotopic (exact) mass is 256 g/mol. The minimum atomic E-state index is -0.916. The van der Waals surface area contributed by atoms with Gasteiger partial charge in [0, 0.05) is 19.6 Å². The molecule has 0 aromatic carbocycles. The Kier molecular flexibility index (Phi) is 3.94. The number of hydrogen-bond donors (Lipinski definition) is 3. The number of nitrogens with one attached hydrogen (secondary N) is 2. The summed E-state index contributed by atoms with van der Waals surface area (Å²) < 4.78 is 5.35. The van der Waals surface area contributed by atoms with E-state index in [1.165, 1.54) is 0 Å². The van der Waals surface area contributed by atoms with Crippen molar-refractivity contribution in [2.75, 3.05) is 19.7 Å². The first-order valence-electron chi connectivity index (χ1n) is 6.84. The molecule has 3 N–H and O–H groups in total. The first-order valence-corrected chi connectivity index (χ1v) is 6.84. The summed E-state index contributed by atoms with van der Waals surface area (Å²) >= 11 is 0. The van der Waals surface area contributed by atoms with Crippen molar-refractivity contribution in [2.24, 2.45) is 0 Å². The third kappa shape index (κ3) is 2.68. The van der Waals surface area contributed by atoms with Gasteiger partial charge >= 0.3 is 0 Å². The van der Waals surface area contributed by atoms with E-state index in [1.54, 1.807) is 0 Å². The third-order valence-corrected chi connectivity index (χ3v) is 4.33. The van der Waals surface area contributed by atoms with Gasteiger partial charge in [0.1, 0.15) is 5.60 Å². The largest absolute Gasteiger partial charge is 0.385 e. The molecule has 2 heterocycles. The van der Waals surface area contributed by atoms with Crippen LogP contribution in [0.15, 0.2) is 0 Å². The summed E-state index contributed by atoms with van der Waals surface area (Å²) in [5.41, 5.74) is -1.40. The quantitative estimate of drug-likeness (QED) is 0.673. The van der Waals surface area contributed by atoms with Gasteiger partial charge in [-0.3, -0.25) is 4.79 Å². The maximum absolute atomic E-state index is 12.2. The molecule has 18 heavy (non-hydrogen) atoms. The molecule has 0 bridgehead atoms. The number of rotatable bonds is 3. The maximum Gasteiger partial charge on any atom is 0.240 e. The van der Waals surface area contributed by atoms with E-state index in [4.69, 9.17) is 4.74 Å². The second-order valence-electron chi connectivity index (χ2n) is 5.77. The number of carbonyl (C=O) groups is 1. The van der Waals surface area contributed by atoms with Crippen molar-refractivity contribution in [3.8, 4) is 0 Å². The Morgan fingerprint density at radius 3 is 2.83 bits per heavy atom. The van der Waals surface area contributed by atoms with Crippen molar-refractivity contribution in [1.29, 1.82) is 0 Å². The van der Waals surface area contributed by atoms with Crippen LogP contribution in [0.25, 0.3) is 0 Å². The van der Waals surface area contributed by atoms with Crippen molar-refractivity contribution in [1.82, 2.24) is 10.6 Å². The molecule has 5 heteroatoms. The van der Waals surface area contributed by atoms with Crippen molar-refractivity contribution >= 4 is 5.91 Å². The van der Waals surface area contributed by atoms with Gasteiger partial charge in [0.2, 0.25) is 5.91 Å². The first-order chi connectivity index (χ1) is 8.46. The summed E-state index contributed by atoms with van der Waals surface area (Å²) in [6, 6.07) is 0. The molecule has 2 aliphatic rings. The third-order valence-electron chi connectivity index (χ3n) is 4.33. The van der Waals surface area contributed by atoms with E-state index < -0.39 is 11.1 Å². The number of aliphatic hydroxyl groups is 1. The standard InChI is InChI=1S/C13H24N2O3/c1-10-13(17,6-8-18-10)9-14-11(16)12(2)5-3-4-7-15-12/h10,15,17H,3-9H2,1-2H3,(H,14,16). The molecule has 3 atom stereocenters. The lowest BCUT2D eigenvalue weighted by Crippen LogP contribution is -2.59. The molecule has 2 aliphatic heterocycles. The van der Waals surface area contributed by atoms with E-state index >= 15 is 0 Å². The zero-order valence-electron chi connectivity index (χ0n) is 11.3. The lowest BCUT2D eigenvalue weighted by molar-refractivity contribution is -0.129. The Bertz CT molecular complexity index is 315. The summed E-state index contributed by atoms with van der Waals surface area (Å²) in [5, 5.41) is 16.5. The van der Waals surface area contributed by atoms with Gasteiger partial charge in [0.05, 0.1) is 11.6 Å². The van der Waals surface area contributed by atoms with Gasteiger partial charge in [-0.25, -0.2) is 0 Å². The summed E-state index contributed by atoms with van der Waals surface area (Å²) in [4.78, 5) is 12.2. The Morgan fingerprint density at radius 2 is 2.28 bits per heavy atom. The highest BCUT2D eigenvalue weighted by Gasteiger charge is 2.41. The number of hydrogen-bond acceptors (Lipinski definition) is 4. The molecule has 2 saturated heterocycles. The minimum Gasteiger partial charge on any atom is -0.385 e. The lowest BCUT2D eigenvalue weighted by Gasteiger charge is -2.35. The summed E-state index contributed by atoms with van der Waals surface area (Å²) in [6.07, 6.45) is 3.41. The van der Waals surface area contributed by atoms with E-state index in [0.717, 1.165) is 25.8 Å². The van der Waals surface area contributed by atoms with Crippen molar-refractivity contribution in [3.63, 3.8) is 0 Å². The van der Waals surface area contributed by atoms with Gasteiger partial charge < -0.3 is 20.5 Å². The highest BCUT2D eigenvalue weighted by molar-refractivity contribution is 5.86. The molecule has 3 unspecified atom stereocenters. The Labute approximate surface area is 108 Å². The van der Waals surface area contributed by atoms with E-state index in [-0.39, 0.29) is 18.6 Å². The van der Waals surface area contributed by atoms with Crippen LogP contribution in [0, 0.1) is 0 Å². The highest BCUT2D eigenvalue weighted by atomic mass is 16.5. The van der Waals surface area contributed by atoms with Crippen molar-refractivity contribution in [3.05, 3.63) is 0 Å². The zero-order valence-corrected chi connectivity index (χ0v) is 11.3.